The summed E-state index contributed by atoms with van der Waals surface area (Å²) in [5, 5.41) is 3.00. The van der Waals surface area contributed by atoms with Crippen LogP contribution in [0.3, 0.4) is 0 Å². The highest BCUT2D eigenvalue weighted by Gasteiger charge is 2.42. The van der Waals surface area contributed by atoms with Crippen molar-refractivity contribution in [3.63, 3.8) is 0 Å². The van der Waals surface area contributed by atoms with Crippen molar-refractivity contribution in [1.29, 1.82) is 0 Å². The molecule has 1 aliphatic rings. The highest BCUT2D eigenvalue weighted by atomic mass is 32.2. The van der Waals surface area contributed by atoms with Crippen LogP contribution in [0, 0.1) is 11.6 Å². The van der Waals surface area contributed by atoms with Crippen LogP contribution < -0.4 is 5.32 Å². The molecule has 0 saturated carbocycles. The summed E-state index contributed by atoms with van der Waals surface area (Å²) in [6.45, 7) is 0. The average molecular weight is 488 g/mol. The van der Waals surface area contributed by atoms with E-state index in [9.17, 15) is 23.2 Å². The van der Waals surface area contributed by atoms with Crippen LogP contribution in [0.25, 0.3) is 0 Å². The summed E-state index contributed by atoms with van der Waals surface area (Å²) in [4.78, 5) is 44.8. The molecule has 6 nitrogen and oxygen atoms in total. The molecule has 0 saturated heterocycles. The van der Waals surface area contributed by atoms with Crippen LogP contribution in [-0.2, 0) is 11.2 Å². The van der Waals surface area contributed by atoms with Gasteiger partial charge in [-0.15, -0.1) is 11.3 Å². The number of rotatable bonds is 8. The first-order chi connectivity index (χ1) is 15.9. The van der Waals surface area contributed by atoms with Crippen LogP contribution in [0.15, 0.2) is 48.7 Å². The number of imide groups is 1. The fourth-order valence-electron chi connectivity index (χ4n) is 3.58. The Morgan fingerprint density at radius 3 is 2.45 bits per heavy atom. The van der Waals surface area contributed by atoms with Crippen molar-refractivity contribution < 1.29 is 23.2 Å². The van der Waals surface area contributed by atoms with Gasteiger partial charge in [0.15, 0.2) is 16.8 Å². The van der Waals surface area contributed by atoms with Crippen molar-refractivity contribution in [1.82, 2.24) is 9.88 Å². The van der Waals surface area contributed by atoms with Gasteiger partial charge in [0.05, 0.1) is 11.1 Å². The van der Waals surface area contributed by atoms with Crippen LogP contribution in [0.5, 0.6) is 0 Å². The second-order valence-electron chi connectivity index (χ2n) is 7.37. The van der Waals surface area contributed by atoms with E-state index >= 15 is 0 Å². The number of hydrogen-bond acceptors (Lipinski definition) is 6. The summed E-state index contributed by atoms with van der Waals surface area (Å²) in [7, 11) is 0. The smallest absolute Gasteiger partial charge is 0.262 e. The van der Waals surface area contributed by atoms with Gasteiger partial charge in [0.25, 0.3) is 11.8 Å². The lowest BCUT2D eigenvalue weighted by Gasteiger charge is -2.24. The minimum absolute atomic E-state index is 0.285. The number of aromatic nitrogens is 1. The molecule has 10 heteroatoms. The van der Waals surface area contributed by atoms with E-state index in [1.807, 2.05) is 6.26 Å². The van der Waals surface area contributed by atoms with Gasteiger partial charge < -0.3 is 5.32 Å². The number of carbonyl (C=O) groups is 3. The van der Waals surface area contributed by atoms with Crippen molar-refractivity contribution in [2.24, 2.45) is 0 Å². The number of nitrogens with one attached hydrogen (secondary N) is 1. The molecule has 0 aliphatic carbocycles. The van der Waals surface area contributed by atoms with E-state index in [0.29, 0.717) is 29.3 Å². The van der Waals surface area contributed by atoms with Gasteiger partial charge in [0, 0.05) is 17.5 Å². The van der Waals surface area contributed by atoms with Gasteiger partial charge in [-0.25, -0.2) is 13.8 Å². The van der Waals surface area contributed by atoms with Gasteiger partial charge in [-0.3, -0.25) is 19.3 Å². The fourth-order valence-corrected chi connectivity index (χ4v) is 4.89. The third-order valence-corrected chi connectivity index (χ3v) is 6.74. The topological polar surface area (TPSA) is 79.4 Å². The van der Waals surface area contributed by atoms with Crippen molar-refractivity contribution in [2.75, 3.05) is 17.3 Å². The molecule has 1 unspecified atom stereocenters. The molecule has 3 amide bonds. The Morgan fingerprint density at radius 2 is 1.82 bits per heavy atom. The zero-order valence-electron chi connectivity index (χ0n) is 17.5. The van der Waals surface area contributed by atoms with Crippen molar-refractivity contribution in [3.05, 3.63) is 81.9 Å². The zero-order chi connectivity index (χ0) is 23.5. The second kappa shape index (κ2) is 9.80. The molecular weight excluding hydrogens is 468 g/mol. The van der Waals surface area contributed by atoms with E-state index in [4.69, 9.17) is 0 Å². The lowest BCUT2D eigenvalue weighted by Crippen LogP contribution is -2.47. The van der Waals surface area contributed by atoms with E-state index in [1.165, 1.54) is 29.2 Å². The lowest BCUT2D eigenvalue weighted by molar-refractivity contribution is -0.120. The maximum Gasteiger partial charge on any atom is 0.262 e. The molecule has 2 heterocycles. The molecule has 33 heavy (non-hydrogen) atoms. The maximum absolute atomic E-state index is 13.5. The van der Waals surface area contributed by atoms with E-state index in [-0.39, 0.29) is 11.1 Å². The lowest BCUT2D eigenvalue weighted by atomic mass is 10.1. The fraction of sp³-hybridized carbons (Fsp3) is 0.217. The van der Waals surface area contributed by atoms with Gasteiger partial charge in [0.2, 0.25) is 5.91 Å². The van der Waals surface area contributed by atoms with Gasteiger partial charge in [-0.05, 0) is 48.3 Å². The van der Waals surface area contributed by atoms with E-state index < -0.39 is 35.4 Å². The Labute approximate surface area is 197 Å². The number of thiazole rings is 1. The number of anilines is 1. The summed E-state index contributed by atoms with van der Waals surface area (Å²) in [5.41, 5.74) is 1.14. The van der Waals surface area contributed by atoms with Crippen molar-refractivity contribution >= 4 is 46.0 Å². The van der Waals surface area contributed by atoms with Crippen molar-refractivity contribution in [3.8, 4) is 0 Å². The largest absolute Gasteiger partial charge is 0.300 e. The first-order valence-corrected chi connectivity index (χ1v) is 12.3. The molecule has 3 aromatic rings. The summed E-state index contributed by atoms with van der Waals surface area (Å²) in [5.74, 6) is -2.76. The molecule has 0 spiro atoms. The minimum Gasteiger partial charge on any atom is -0.300 e. The number of amides is 3. The van der Waals surface area contributed by atoms with Crippen molar-refractivity contribution in [2.45, 2.75) is 18.9 Å². The third-order valence-electron chi connectivity index (χ3n) is 5.18. The molecule has 4 rings (SSSR count). The standard InChI is InChI=1S/C23H19F2N3O3S2/c1-32-9-8-19(28-21(30)15-4-2-3-5-16(15)22(28)31)20(29)27-23-26-12-14(33-23)10-13-6-7-17(24)18(25)11-13/h2-7,11-12,19H,8-10H2,1H3,(H,26,27,29). The van der Waals surface area contributed by atoms with Crippen LogP contribution >= 0.6 is 23.1 Å². The first kappa shape index (κ1) is 23.1. The van der Waals surface area contributed by atoms with Crippen LogP contribution in [-0.4, -0.2) is 45.7 Å². The second-order valence-corrected chi connectivity index (χ2v) is 9.47. The van der Waals surface area contributed by atoms with Gasteiger partial charge in [-0.1, -0.05) is 18.2 Å². The Kier molecular flexibility index (Phi) is 6.85. The number of nitrogens with zero attached hydrogens (tertiary/aromatic N) is 2. The summed E-state index contributed by atoms with van der Waals surface area (Å²) < 4.78 is 26.6. The Hall–Kier alpha value is -3.11. The minimum atomic E-state index is -0.983. The predicted molar refractivity (Wildman–Crippen MR) is 124 cm³/mol. The van der Waals surface area contributed by atoms with E-state index in [1.54, 1.807) is 30.5 Å². The molecule has 2 aromatic carbocycles. The molecule has 0 bridgehead atoms. The van der Waals surface area contributed by atoms with Gasteiger partial charge in [-0.2, -0.15) is 11.8 Å². The molecular formula is C23H19F2N3O3S2. The normalized spacial score (nSPS) is 13.8. The van der Waals surface area contributed by atoms with Crippen LogP contribution in [0.4, 0.5) is 13.9 Å². The average Bonchev–Trinajstić information content (AvgIpc) is 3.34. The Morgan fingerprint density at radius 1 is 1.12 bits per heavy atom. The first-order valence-electron chi connectivity index (χ1n) is 10.0. The molecule has 1 atom stereocenters. The monoisotopic (exact) mass is 487 g/mol. The molecule has 1 aliphatic heterocycles. The number of halogens is 2. The summed E-state index contributed by atoms with van der Waals surface area (Å²) >= 11 is 2.69. The highest BCUT2D eigenvalue weighted by molar-refractivity contribution is 7.98. The number of hydrogen-bond donors (Lipinski definition) is 1. The quantitative estimate of drug-likeness (QED) is 0.478. The Balaban J connectivity index is 1.50. The molecule has 0 fully saturated rings. The summed E-state index contributed by atoms with van der Waals surface area (Å²) in [6.07, 6.45) is 4.04. The maximum atomic E-state index is 13.5. The van der Waals surface area contributed by atoms with Crippen LogP contribution in [0.2, 0.25) is 0 Å². The zero-order valence-corrected chi connectivity index (χ0v) is 19.1. The molecule has 1 N–H and O–H groups in total. The summed E-state index contributed by atoms with van der Waals surface area (Å²) in [6, 6.07) is 9.18. The van der Waals surface area contributed by atoms with E-state index in [0.717, 1.165) is 21.9 Å². The Bertz CT molecular complexity index is 1200. The molecule has 1 aromatic heterocycles. The van der Waals surface area contributed by atoms with E-state index in [2.05, 4.69) is 10.3 Å². The molecule has 0 radical (unpaired) electrons. The van der Waals surface area contributed by atoms with Gasteiger partial charge >= 0.3 is 0 Å². The SMILES string of the molecule is CSCCC(C(=O)Nc1ncc(Cc2ccc(F)c(F)c2)s1)N1C(=O)c2ccccc2C1=O. The third kappa shape index (κ3) is 4.81. The number of fused-ring (bicyclic) bond motifs is 1. The number of carbonyl (C=O) groups excluding carboxylic acids is 3. The van der Waals surface area contributed by atoms with Gasteiger partial charge in [0.1, 0.15) is 6.04 Å². The van der Waals surface area contributed by atoms with Crippen LogP contribution in [0.1, 0.15) is 37.6 Å². The highest BCUT2D eigenvalue weighted by Crippen LogP contribution is 2.28. The number of benzene rings is 2. The molecule has 170 valence electrons. The predicted octanol–water partition coefficient (Wildman–Crippen LogP) is 4.37. The number of thioether (sulfide) groups is 1.